The van der Waals surface area contributed by atoms with Crippen LogP contribution < -0.4 is 4.90 Å². The van der Waals surface area contributed by atoms with E-state index in [1.165, 1.54) is 93.9 Å². The first kappa shape index (κ1) is 38.2. The molecule has 1 nitrogen and oxygen atoms in total. The minimum atomic E-state index is -0.498. The van der Waals surface area contributed by atoms with Crippen LogP contribution in [0.15, 0.2) is 255 Å². The number of benzene rings is 11. The lowest BCUT2D eigenvalue weighted by Crippen LogP contribution is -2.28. The van der Waals surface area contributed by atoms with Gasteiger partial charge in [-0.25, -0.2) is 0 Å². The van der Waals surface area contributed by atoms with E-state index in [0.29, 0.717) is 0 Å². The van der Waals surface area contributed by atoms with Gasteiger partial charge in [-0.3, -0.25) is 0 Å². The summed E-state index contributed by atoms with van der Waals surface area (Å²) in [5, 5.41) is 4.91. The quantitative estimate of drug-likeness (QED) is 0.145. The second kappa shape index (κ2) is 14.9. The largest absolute Gasteiger partial charge is 0.309 e. The van der Waals surface area contributed by atoms with Gasteiger partial charge in [-0.1, -0.05) is 231 Å². The summed E-state index contributed by atoms with van der Waals surface area (Å²) in [4.78, 5) is 2.58. The highest BCUT2D eigenvalue weighted by molar-refractivity contribution is 6.22. The van der Waals surface area contributed by atoms with Crippen LogP contribution in [0.5, 0.6) is 0 Å². The van der Waals surface area contributed by atoms with Crippen LogP contribution in [0.25, 0.3) is 54.9 Å². The molecule has 1 atom stereocenters. The fourth-order valence-corrected chi connectivity index (χ4v) is 11.9. The zero-order valence-electron chi connectivity index (χ0n) is 36.7. The van der Waals surface area contributed by atoms with Crippen molar-refractivity contribution >= 4 is 38.6 Å². The third-order valence-electron chi connectivity index (χ3n) is 14.8. The van der Waals surface area contributed by atoms with Crippen molar-refractivity contribution in [1.29, 1.82) is 0 Å². The van der Waals surface area contributed by atoms with Crippen LogP contribution in [0.4, 0.5) is 17.1 Å². The Balaban J connectivity index is 1.14. The summed E-state index contributed by atoms with van der Waals surface area (Å²) >= 11 is 0. The summed E-state index contributed by atoms with van der Waals surface area (Å²) in [6, 6.07) is 94.9. The molecule has 66 heavy (non-hydrogen) atoms. The van der Waals surface area contributed by atoms with E-state index in [1.807, 2.05) is 0 Å². The molecule has 0 amide bonds. The zero-order valence-corrected chi connectivity index (χ0v) is 36.7. The first-order valence-corrected chi connectivity index (χ1v) is 23.1. The topological polar surface area (TPSA) is 3.24 Å². The SMILES string of the molecule is CC1(c2ccccc2)c2ccccc2-c2cc(N(c3ccc4c(c3)-c3ccccc3C4(c3ccccc3)c3ccccc3)c3c(-c4ccccc4)c4ccccc4c4ccccc34)ccc21. The molecule has 0 radical (unpaired) electrons. The second-order valence-corrected chi connectivity index (χ2v) is 18.0. The minimum absolute atomic E-state index is 0.309. The van der Waals surface area contributed by atoms with Crippen molar-refractivity contribution in [3.05, 3.63) is 294 Å². The van der Waals surface area contributed by atoms with E-state index in [0.717, 1.165) is 17.1 Å². The summed E-state index contributed by atoms with van der Waals surface area (Å²) in [5.41, 5.74) is 19.1. The zero-order chi connectivity index (χ0) is 43.8. The van der Waals surface area contributed by atoms with Gasteiger partial charge in [0.05, 0.1) is 11.1 Å². The molecule has 0 aromatic heterocycles. The highest BCUT2D eigenvalue weighted by Crippen LogP contribution is 2.59. The van der Waals surface area contributed by atoms with Gasteiger partial charge in [0.15, 0.2) is 0 Å². The van der Waals surface area contributed by atoms with Gasteiger partial charge in [-0.2, -0.15) is 0 Å². The second-order valence-electron chi connectivity index (χ2n) is 18.0. The molecule has 11 aromatic rings. The molecule has 0 fully saturated rings. The van der Waals surface area contributed by atoms with E-state index in [2.05, 4.69) is 267 Å². The van der Waals surface area contributed by atoms with Crippen molar-refractivity contribution in [3.63, 3.8) is 0 Å². The molecule has 0 N–H and O–H groups in total. The van der Waals surface area contributed by atoms with Crippen molar-refractivity contribution in [2.45, 2.75) is 17.8 Å². The monoisotopic (exact) mass is 839 g/mol. The lowest BCUT2D eigenvalue weighted by Gasteiger charge is -2.34. The summed E-state index contributed by atoms with van der Waals surface area (Å²) < 4.78 is 0. The molecule has 0 saturated heterocycles. The van der Waals surface area contributed by atoms with E-state index in [4.69, 9.17) is 0 Å². The Labute approximate surface area is 386 Å². The molecular formula is C65H45N. The molecule has 2 aliphatic carbocycles. The minimum Gasteiger partial charge on any atom is -0.309 e. The predicted octanol–water partition coefficient (Wildman–Crippen LogP) is 16.8. The van der Waals surface area contributed by atoms with Gasteiger partial charge in [0, 0.05) is 27.7 Å². The lowest BCUT2D eigenvalue weighted by atomic mass is 9.68. The summed E-state index contributed by atoms with van der Waals surface area (Å²) in [7, 11) is 0. The summed E-state index contributed by atoms with van der Waals surface area (Å²) in [5.74, 6) is 0. The maximum Gasteiger partial charge on any atom is 0.0713 e. The van der Waals surface area contributed by atoms with Crippen LogP contribution in [0.3, 0.4) is 0 Å². The summed E-state index contributed by atoms with van der Waals surface area (Å²) in [6.07, 6.45) is 0. The van der Waals surface area contributed by atoms with E-state index < -0.39 is 5.41 Å². The van der Waals surface area contributed by atoms with Gasteiger partial charge in [-0.05, 0) is 114 Å². The Morgan fingerprint density at radius 1 is 0.303 bits per heavy atom. The molecule has 0 spiro atoms. The first-order chi connectivity index (χ1) is 32.7. The Kier molecular flexibility index (Phi) is 8.63. The highest BCUT2D eigenvalue weighted by Gasteiger charge is 2.46. The maximum atomic E-state index is 2.58. The Hall–Kier alpha value is -8.26. The molecule has 0 aliphatic heterocycles. The number of fused-ring (bicyclic) bond motifs is 9. The van der Waals surface area contributed by atoms with E-state index in [-0.39, 0.29) is 5.41 Å². The average Bonchev–Trinajstić information content (AvgIpc) is 3.84. The Bertz CT molecular complexity index is 3610. The van der Waals surface area contributed by atoms with E-state index in [1.54, 1.807) is 0 Å². The van der Waals surface area contributed by atoms with Gasteiger partial charge >= 0.3 is 0 Å². The van der Waals surface area contributed by atoms with Gasteiger partial charge in [0.25, 0.3) is 0 Å². The fraction of sp³-hybridized carbons (Fsp3) is 0.0462. The van der Waals surface area contributed by atoms with E-state index >= 15 is 0 Å². The standard InChI is InChI=1S/C65H45N/c1-64(45-24-8-3-9-25-45)58-36-20-18-32-52(58)56-42-48(38-40-59(56)64)66(63-55-35-17-15-31-51(55)50-30-14-16-34-54(50)62(63)44-22-6-2-7-23-44)49-39-41-61-57(43-49)53-33-19-21-37-60(53)65(61,46-26-10-4-11-27-46)47-28-12-5-13-29-47/h2-43H,1H3. The molecule has 0 bridgehead atoms. The third kappa shape index (κ3) is 5.41. The lowest BCUT2D eigenvalue weighted by molar-refractivity contribution is 0.714. The van der Waals surface area contributed by atoms with Crippen LogP contribution in [0, 0.1) is 0 Å². The number of nitrogens with zero attached hydrogens (tertiary/aromatic N) is 1. The molecule has 13 rings (SSSR count). The van der Waals surface area contributed by atoms with Gasteiger partial charge < -0.3 is 4.90 Å². The maximum absolute atomic E-state index is 2.58. The van der Waals surface area contributed by atoms with Crippen molar-refractivity contribution in [3.8, 4) is 33.4 Å². The van der Waals surface area contributed by atoms with Crippen molar-refractivity contribution in [1.82, 2.24) is 0 Å². The highest BCUT2D eigenvalue weighted by atomic mass is 15.1. The Morgan fingerprint density at radius 2 is 0.697 bits per heavy atom. The van der Waals surface area contributed by atoms with Crippen LogP contribution in [0.2, 0.25) is 0 Å². The average molecular weight is 840 g/mol. The van der Waals surface area contributed by atoms with Crippen LogP contribution in [-0.2, 0) is 10.8 Å². The van der Waals surface area contributed by atoms with Crippen LogP contribution in [0.1, 0.15) is 45.9 Å². The molecular weight excluding hydrogens is 795 g/mol. The van der Waals surface area contributed by atoms with Gasteiger partial charge in [0.1, 0.15) is 0 Å². The number of anilines is 3. The normalized spacial score (nSPS) is 15.2. The molecule has 11 aromatic carbocycles. The summed E-state index contributed by atoms with van der Waals surface area (Å²) in [6.45, 7) is 2.40. The van der Waals surface area contributed by atoms with Crippen molar-refractivity contribution in [2.24, 2.45) is 0 Å². The van der Waals surface area contributed by atoms with Gasteiger partial charge in [0.2, 0.25) is 0 Å². The molecule has 1 heteroatoms. The van der Waals surface area contributed by atoms with Crippen molar-refractivity contribution < 1.29 is 0 Å². The number of rotatable bonds is 7. The first-order valence-electron chi connectivity index (χ1n) is 23.1. The number of hydrogen-bond acceptors (Lipinski definition) is 1. The smallest absolute Gasteiger partial charge is 0.0713 e. The van der Waals surface area contributed by atoms with E-state index in [9.17, 15) is 0 Å². The molecule has 0 saturated carbocycles. The molecule has 0 heterocycles. The predicted molar refractivity (Wildman–Crippen MR) is 276 cm³/mol. The fourth-order valence-electron chi connectivity index (χ4n) is 11.9. The van der Waals surface area contributed by atoms with Gasteiger partial charge in [-0.15, -0.1) is 0 Å². The third-order valence-corrected chi connectivity index (χ3v) is 14.8. The van der Waals surface area contributed by atoms with Crippen LogP contribution in [-0.4, -0.2) is 0 Å². The number of hydrogen-bond donors (Lipinski definition) is 0. The van der Waals surface area contributed by atoms with Crippen molar-refractivity contribution in [2.75, 3.05) is 4.90 Å². The van der Waals surface area contributed by atoms with Crippen LogP contribution >= 0.6 is 0 Å². The molecule has 2 aliphatic rings. The Morgan fingerprint density at radius 3 is 1.30 bits per heavy atom. The molecule has 1 unspecified atom stereocenters. The molecule has 310 valence electrons.